The number of amides is 1. The van der Waals surface area contributed by atoms with E-state index < -0.39 is 5.91 Å². The second-order valence-corrected chi connectivity index (χ2v) is 4.66. The van der Waals surface area contributed by atoms with Gasteiger partial charge in [-0.25, -0.2) is 4.98 Å². The highest BCUT2D eigenvalue weighted by molar-refractivity contribution is 7.07. The van der Waals surface area contributed by atoms with Crippen molar-refractivity contribution in [3.8, 4) is 0 Å². The number of nitrogen functional groups attached to an aromatic ring is 1. The Kier molecular flexibility index (Phi) is 3.63. The van der Waals surface area contributed by atoms with Crippen LogP contribution in [0.15, 0.2) is 22.4 Å². The van der Waals surface area contributed by atoms with Gasteiger partial charge in [-0.3, -0.25) is 9.59 Å². The van der Waals surface area contributed by atoms with Gasteiger partial charge in [0.15, 0.2) is 0 Å². The molecular weight excluding hydrogens is 276 g/mol. The van der Waals surface area contributed by atoms with Gasteiger partial charge < -0.3 is 16.0 Å². The zero-order chi connectivity index (χ0) is 13.1. The van der Waals surface area contributed by atoms with Crippen molar-refractivity contribution in [3.63, 3.8) is 0 Å². The molecule has 0 saturated heterocycles. The molecule has 2 rings (SSSR count). The number of carbonyl (C=O) groups is 1. The first-order chi connectivity index (χ1) is 8.56. The topological polar surface area (TPSA) is 101 Å². The molecule has 6 nitrogen and oxygen atoms in total. The van der Waals surface area contributed by atoms with Crippen LogP contribution in [-0.2, 0) is 6.54 Å². The van der Waals surface area contributed by atoms with E-state index in [2.05, 4.69) is 15.3 Å². The average molecular weight is 285 g/mol. The van der Waals surface area contributed by atoms with Crippen LogP contribution in [-0.4, -0.2) is 15.9 Å². The summed E-state index contributed by atoms with van der Waals surface area (Å²) in [6.45, 7) is 0.211. The van der Waals surface area contributed by atoms with Crippen molar-refractivity contribution in [1.82, 2.24) is 15.3 Å². The molecule has 0 bridgehead atoms. The Morgan fingerprint density at radius 1 is 1.61 bits per heavy atom. The summed E-state index contributed by atoms with van der Waals surface area (Å²) in [5.41, 5.74) is 6.72. The number of nitrogens with one attached hydrogen (secondary N) is 2. The zero-order valence-electron chi connectivity index (χ0n) is 9.07. The fourth-order valence-corrected chi connectivity index (χ4v) is 2.07. The molecule has 0 atom stereocenters. The van der Waals surface area contributed by atoms with Crippen molar-refractivity contribution in [3.05, 3.63) is 43.7 Å². The molecule has 94 valence electrons. The number of carbonyl (C=O) groups excluding carboxylic acids is 1. The van der Waals surface area contributed by atoms with Gasteiger partial charge in [0.05, 0.1) is 24.0 Å². The smallest absolute Gasteiger partial charge is 0.304 e. The Bertz CT molecular complexity index is 637. The van der Waals surface area contributed by atoms with E-state index in [4.69, 9.17) is 17.3 Å². The van der Waals surface area contributed by atoms with E-state index >= 15 is 0 Å². The van der Waals surface area contributed by atoms with Gasteiger partial charge in [0.2, 0.25) is 0 Å². The quantitative estimate of drug-likeness (QED) is 0.732. The van der Waals surface area contributed by atoms with Crippen LogP contribution in [0, 0.1) is 0 Å². The predicted molar refractivity (Wildman–Crippen MR) is 69.8 cm³/mol. The van der Waals surface area contributed by atoms with E-state index in [0.29, 0.717) is 11.4 Å². The Hall–Kier alpha value is -1.86. The summed E-state index contributed by atoms with van der Waals surface area (Å²) in [4.78, 5) is 28.9. The molecule has 0 fully saturated rings. The predicted octanol–water partition coefficient (Wildman–Crippen LogP) is 0.997. The number of halogens is 1. The first-order valence-electron chi connectivity index (χ1n) is 4.92. The zero-order valence-corrected chi connectivity index (χ0v) is 10.6. The van der Waals surface area contributed by atoms with Crippen molar-refractivity contribution in [2.24, 2.45) is 0 Å². The van der Waals surface area contributed by atoms with Crippen molar-refractivity contribution in [2.45, 2.75) is 6.54 Å². The summed E-state index contributed by atoms with van der Waals surface area (Å²) in [6.07, 6.45) is 1.37. The summed E-state index contributed by atoms with van der Waals surface area (Å²) >= 11 is 6.83. The molecule has 0 aromatic carbocycles. The van der Waals surface area contributed by atoms with Crippen molar-refractivity contribution >= 4 is 34.5 Å². The first kappa shape index (κ1) is 12.6. The molecule has 0 aliphatic rings. The van der Waals surface area contributed by atoms with Crippen LogP contribution in [0.25, 0.3) is 0 Å². The number of aromatic amines is 1. The fourth-order valence-electron chi connectivity index (χ4n) is 1.29. The minimum atomic E-state index is -0.396. The molecule has 0 unspecified atom stereocenters. The SMILES string of the molecule is Nc1cnc(Cl)c(C(=O)NCc2csc(=O)[nH]2)c1. The monoisotopic (exact) mass is 284 g/mol. The van der Waals surface area contributed by atoms with E-state index in [9.17, 15) is 9.59 Å². The van der Waals surface area contributed by atoms with Gasteiger partial charge in [0, 0.05) is 11.1 Å². The number of rotatable bonds is 3. The maximum absolute atomic E-state index is 11.8. The number of aromatic nitrogens is 2. The van der Waals surface area contributed by atoms with E-state index in [1.165, 1.54) is 12.3 Å². The largest absolute Gasteiger partial charge is 0.397 e. The highest BCUT2D eigenvalue weighted by Gasteiger charge is 2.11. The highest BCUT2D eigenvalue weighted by atomic mass is 35.5. The summed E-state index contributed by atoms with van der Waals surface area (Å²) < 4.78 is 0. The number of anilines is 1. The lowest BCUT2D eigenvalue weighted by Crippen LogP contribution is -2.24. The Labute approximate surface area is 111 Å². The van der Waals surface area contributed by atoms with Gasteiger partial charge in [-0.15, -0.1) is 0 Å². The van der Waals surface area contributed by atoms with Crippen LogP contribution in [0.5, 0.6) is 0 Å². The lowest BCUT2D eigenvalue weighted by Gasteiger charge is -2.05. The van der Waals surface area contributed by atoms with Gasteiger partial charge in [-0.1, -0.05) is 22.9 Å². The van der Waals surface area contributed by atoms with E-state index in [0.717, 1.165) is 11.3 Å². The van der Waals surface area contributed by atoms with Crippen LogP contribution in [0.1, 0.15) is 16.1 Å². The Morgan fingerprint density at radius 3 is 3.06 bits per heavy atom. The molecular formula is C10H9ClN4O2S. The lowest BCUT2D eigenvalue weighted by molar-refractivity contribution is 0.0950. The number of H-pyrrole nitrogens is 1. The van der Waals surface area contributed by atoms with Crippen LogP contribution >= 0.6 is 22.9 Å². The normalized spacial score (nSPS) is 10.3. The summed E-state index contributed by atoms with van der Waals surface area (Å²) in [6, 6.07) is 1.45. The third-order valence-electron chi connectivity index (χ3n) is 2.12. The number of hydrogen-bond acceptors (Lipinski definition) is 5. The second-order valence-electron chi connectivity index (χ2n) is 3.46. The van der Waals surface area contributed by atoms with Crippen LogP contribution in [0.2, 0.25) is 5.15 Å². The van der Waals surface area contributed by atoms with Gasteiger partial charge in [0.25, 0.3) is 5.91 Å². The molecule has 0 aliphatic heterocycles. The van der Waals surface area contributed by atoms with E-state index in [-0.39, 0.29) is 22.1 Å². The molecule has 18 heavy (non-hydrogen) atoms. The number of nitrogens with zero attached hydrogens (tertiary/aromatic N) is 1. The van der Waals surface area contributed by atoms with Gasteiger partial charge >= 0.3 is 4.87 Å². The van der Waals surface area contributed by atoms with Crippen molar-refractivity contribution < 1.29 is 4.79 Å². The van der Waals surface area contributed by atoms with Crippen LogP contribution in [0.4, 0.5) is 5.69 Å². The first-order valence-corrected chi connectivity index (χ1v) is 6.18. The minimum absolute atomic E-state index is 0.0838. The third-order valence-corrected chi connectivity index (χ3v) is 3.13. The van der Waals surface area contributed by atoms with Gasteiger partial charge in [-0.2, -0.15) is 0 Å². The van der Waals surface area contributed by atoms with Crippen molar-refractivity contribution in [1.29, 1.82) is 0 Å². The molecule has 0 spiro atoms. The third kappa shape index (κ3) is 2.88. The molecule has 2 aromatic heterocycles. The van der Waals surface area contributed by atoms with Gasteiger partial charge in [0.1, 0.15) is 5.15 Å². The van der Waals surface area contributed by atoms with E-state index in [1.807, 2.05) is 0 Å². The summed E-state index contributed by atoms with van der Waals surface area (Å²) in [7, 11) is 0. The minimum Gasteiger partial charge on any atom is -0.397 e. The summed E-state index contributed by atoms with van der Waals surface area (Å²) in [5, 5.41) is 4.34. The number of thiazole rings is 1. The van der Waals surface area contributed by atoms with Gasteiger partial charge in [-0.05, 0) is 6.07 Å². The van der Waals surface area contributed by atoms with E-state index in [1.54, 1.807) is 5.38 Å². The Balaban J connectivity index is 2.08. The maximum Gasteiger partial charge on any atom is 0.304 e. The number of pyridine rings is 1. The average Bonchev–Trinajstić information content (AvgIpc) is 2.75. The molecule has 4 N–H and O–H groups in total. The number of nitrogens with two attached hydrogens (primary N) is 1. The molecule has 8 heteroatoms. The fraction of sp³-hybridized carbons (Fsp3) is 0.100. The highest BCUT2D eigenvalue weighted by Crippen LogP contribution is 2.15. The standard InChI is InChI=1S/C10H9ClN4O2S/c11-8-7(1-5(12)2-13-8)9(16)14-3-6-4-18-10(17)15-6/h1-2,4H,3,12H2,(H,14,16)(H,15,17). The van der Waals surface area contributed by atoms with Crippen LogP contribution < -0.4 is 15.9 Å². The molecule has 0 radical (unpaired) electrons. The Morgan fingerprint density at radius 2 is 2.39 bits per heavy atom. The molecule has 2 aromatic rings. The molecule has 1 amide bonds. The lowest BCUT2D eigenvalue weighted by atomic mass is 10.2. The number of hydrogen-bond donors (Lipinski definition) is 3. The second kappa shape index (κ2) is 5.19. The molecule has 2 heterocycles. The van der Waals surface area contributed by atoms with Crippen molar-refractivity contribution in [2.75, 3.05) is 5.73 Å². The molecule has 0 saturated carbocycles. The van der Waals surface area contributed by atoms with Crippen LogP contribution in [0.3, 0.4) is 0 Å². The maximum atomic E-state index is 11.8. The summed E-state index contributed by atoms with van der Waals surface area (Å²) in [5.74, 6) is -0.396. The molecule has 0 aliphatic carbocycles.